The summed E-state index contributed by atoms with van der Waals surface area (Å²) in [6.07, 6.45) is 3.06. The van der Waals surface area contributed by atoms with Crippen molar-refractivity contribution in [2.24, 2.45) is 0 Å². The van der Waals surface area contributed by atoms with Gasteiger partial charge in [0.1, 0.15) is 5.69 Å². The molecular formula is C9H16N2O4S2. The zero-order chi connectivity index (χ0) is 13.6. The number of hydrogen-bond donors (Lipinski definition) is 2. The summed E-state index contributed by atoms with van der Waals surface area (Å²) in [6.45, 7) is 7.32. The van der Waals surface area contributed by atoms with Gasteiger partial charge in [0.05, 0.1) is 12.7 Å². The molecule has 1 aromatic heterocycles. The van der Waals surface area contributed by atoms with Gasteiger partial charge in [-0.15, -0.1) is 0 Å². The van der Waals surface area contributed by atoms with Gasteiger partial charge in [0.15, 0.2) is 0 Å². The van der Waals surface area contributed by atoms with Crippen molar-refractivity contribution in [3.63, 3.8) is 0 Å². The second-order valence-electron chi connectivity index (χ2n) is 3.23. The van der Waals surface area contributed by atoms with Gasteiger partial charge in [-0.25, -0.2) is 18.0 Å². The number of rotatable bonds is 2. The first kappa shape index (κ1) is 16.2. The first-order valence-corrected chi connectivity index (χ1v) is 6.77. The van der Waals surface area contributed by atoms with E-state index >= 15 is 0 Å². The van der Waals surface area contributed by atoms with Gasteiger partial charge in [-0.2, -0.15) is 0 Å². The van der Waals surface area contributed by atoms with Crippen LogP contribution in [0.1, 0.15) is 25.1 Å². The first-order chi connectivity index (χ1) is 7.70. The van der Waals surface area contributed by atoms with Crippen molar-refractivity contribution in [3.05, 3.63) is 22.2 Å². The van der Waals surface area contributed by atoms with Gasteiger partial charge in [0.25, 0.3) is 0 Å². The van der Waals surface area contributed by atoms with Crippen molar-refractivity contribution < 1.29 is 22.1 Å². The Labute approximate surface area is 106 Å². The molecule has 0 spiro atoms. The SMILES string of the molecule is CCc1c[nH]c(=S)[n+](CC)c1C.O=S(=O)([O-])O. The summed E-state index contributed by atoms with van der Waals surface area (Å²) in [5.41, 5.74) is 2.62. The zero-order valence-electron chi connectivity index (χ0n) is 9.93. The second-order valence-corrected chi connectivity index (χ2v) is 4.47. The highest BCUT2D eigenvalue weighted by Gasteiger charge is 2.07. The number of aromatic nitrogens is 2. The van der Waals surface area contributed by atoms with Gasteiger partial charge < -0.3 is 4.55 Å². The van der Waals surface area contributed by atoms with Crippen molar-refractivity contribution in [2.45, 2.75) is 33.7 Å². The Hall–Kier alpha value is -0.830. The van der Waals surface area contributed by atoms with Gasteiger partial charge in [-0.05, 0) is 20.3 Å². The molecular weight excluding hydrogens is 264 g/mol. The Morgan fingerprint density at radius 3 is 2.35 bits per heavy atom. The second kappa shape index (κ2) is 6.80. The van der Waals surface area contributed by atoms with Crippen LogP contribution in [0.3, 0.4) is 0 Å². The topological polar surface area (TPSA) is 97.1 Å². The molecule has 6 nitrogen and oxygen atoms in total. The van der Waals surface area contributed by atoms with Crippen LogP contribution in [-0.4, -0.2) is 22.5 Å². The molecule has 17 heavy (non-hydrogen) atoms. The van der Waals surface area contributed by atoms with E-state index in [1.807, 2.05) is 6.20 Å². The number of nitrogens with one attached hydrogen (secondary N) is 1. The minimum atomic E-state index is -4.92. The molecule has 0 unspecified atom stereocenters. The highest BCUT2D eigenvalue weighted by Crippen LogP contribution is 2.01. The Bertz CT molecular complexity index is 514. The number of hydrogen-bond acceptors (Lipinski definition) is 4. The summed E-state index contributed by atoms with van der Waals surface area (Å²) in [7, 11) is -4.92. The molecule has 0 fully saturated rings. The minimum Gasteiger partial charge on any atom is -0.726 e. The normalized spacial score (nSPS) is 10.6. The van der Waals surface area contributed by atoms with Crippen LogP contribution in [0.5, 0.6) is 0 Å². The third-order valence-corrected chi connectivity index (χ3v) is 2.52. The molecule has 0 aliphatic heterocycles. The lowest BCUT2D eigenvalue weighted by Gasteiger charge is -2.03. The monoisotopic (exact) mass is 280 g/mol. The number of aryl methyl sites for hydroxylation is 1. The van der Waals surface area contributed by atoms with Gasteiger partial charge in [-0.1, -0.05) is 6.92 Å². The molecule has 0 amide bonds. The molecule has 0 atom stereocenters. The van der Waals surface area contributed by atoms with E-state index in [9.17, 15) is 0 Å². The fourth-order valence-corrected chi connectivity index (χ4v) is 1.72. The van der Waals surface area contributed by atoms with Crippen LogP contribution in [0.2, 0.25) is 0 Å². The summed E-state index contributed by atoms with van der Waals surface area (Å²) in [6, 6.07) is 0. The molecule has 1 heterocycles. The van der Waals surface area contributed by atoms with Crippen LogP contribution in [0.4, 0.5) is 0 Å². The van der Waals surface area contributed by atoms with Crippen LogP contribution in [-0.2, 0) is 23.4 Å². The van der Waals surface area contributed by atoms with Crippen LogP contribution < -0.4 is 4.57 Å². The van der Waals surface area contributed by atoms with E-state index in [1.165, 1.54) is 11.3 Å². The smallest absolute Gasteiger partial charge is 0.348 e. The van der Waals surface area contributed by atoms with E-state index < -0.39 is 10.4 Å². The highest BCUT2D eigenvalue weighted by atomic mass is 32.3. The minimum absolute atomic E-state index is 0.812. The van der Waals surface area contributed by atoms with E-state index in [0.717, 1.165) is 17.7 Å². The molecule has 0 saturated heterocycles. The summed E-state index contributed by atoms with van der Waals surface area (Å²) >= 11 is 5.15. The molecule has 98 valence electrons. The van der Waals surface area contributed by atoms with Crippen LogP contribution in [0.15, 0.2) is 6.20 Å². The fraction of sp³-hybridized carbons (Fsp3) is 0.556. The van der Waals surface area contributed by atoms with E-state index in [-0.39, 0.29) is 0 Å². The molecule has 2 N–H and O–H groups in total. The van der Waals surface area contributed by atoms with E-state index in [0.29, 0.717) is 0 Å². The van der Waals surface area contributed by atoms with E-state index in [1.54, 1.807) is 0 Å². The lowest BCUT2D eigenvalue weighted by atomic mass is 10.2. The predicted molar refractivity (Wildman–Crippen MR) is 63.9 cm³/mol. The van der Waals surface area contributed by atoms with Gasteiger partial charge >= 0.3 is 4.77 Å². The molecule has 8 heteroatoms. The summed E-state index contributed by atoms with van der Waals surface area (Å²) in [5, 5.41) is 0. The average Bonchev–Trinajstić information content (AvgIpc) is 2.16. The third-order valence-electron chi connectivity index (χ3n) is 2.18. The predicted octanol–water partition coefficient (Wildman–Crippen LogP) is 0.927. The summed E-state index contributed by atoms with van der Waals surface area (Å²) < 4.78 is 35.8. The van der Waals surface area contributed by atoms with Crippen molar-refractivity contribution in [2.75, 3.05) is 0 Å². The Balaban J connectivity index is 0.000000437. The van der Waals surface area contributed by atoms with E-state index in [4.69, 9.17) is 29.7 Å². The maximum absolute atomic E-state index is 8.63. The lowest BCUT2D eigenvalue weighted by Crippen LogP contribution is -2.39. The molecule has 0 aliphatic rings. The lowest BCUT2D eigenvalue weighted by molar-refractivity contribution is -0.709. The standard InChI is InChI=1S/C9H14N2S.H2O4S/c1-4-8-6-10-9(12)11(5-2)7(8)3;1-5(2,3)4/h6H,4-5H2,1-3H3;(H2,1,2,3,4). The maximum Gasteiger partial charge on any atom is 0.348 e. The van der Waals surface area contributed by atoms with Crippen molar-refractivity contribution in [1.82, 2.24) is 4.98 Å². The maximum atomic E-state index is 8.63. The molecule has 0 bridgehead atoms. The van der Waals surface area contributed by atoms with Gasteiger partial charge in [0.2, 0.25) is 10.4 Å². The van der Waals surface area contributed by atoms with Crippen LogP contribution >= 0.6 is 12.2 Å². The highest BCUT2D eigenvalue weighted by molar-refractivity contribution is 7.79. The fourth-order valence-electron chi connectivity index (χ4n) is 1.40. The van der Waals surface area contributed by atoms with Crippen molar-refractivity contribution >= 4 is 22.6 Å². The van der Waals surface area contributed by atoms with Gasteiger partial charge in [-0.3, -0.25) is 4.55 Å². The zero-order valence-corrected chi connectivity index (χ0v) is 11.6. The number of aromatic amines is 1. The largest absolute Gasteiger partial charge is 0.726 e. The Morgan fingerprint density at radius 1 is 1.53 bits per heavy atom. The number of nitrogens with zero attached hydrogens (tertiary/aromatic N) is 1. The van der Waals surface area contributed by atoms with Crippen LogP contribution in [0, 0.1) is 11.7 Å². The summed E-state index contributed by atoms with van der Waals surface area (Å²) in [5.74, 6) is 0. The van der Waals surface area contributed by atoms with Gasteiger partial charge in [0, 0.05) is 17.8 Å². The van der Waals surface area contributed by atoms with Crippen molar-refractivity contribution in [3.8, 4) is 0 Å². The molecule has 0 radical (unpaired) electrons. The van der Waals surface area contributed by atoms with E-state index in [2.05, 4.69) is 30.3 Å². The Morgan fingerprint density at radius 2 is 2.00 bits per heavy atom. The molecule has 0 saturated carbocycles. The molecule has 1 rings (SSSR count). The van der Waals surface area contributed by atoms with Crippen molar-refractivity contribution in [1.29, 1.82) is 0 Å². The van der Waals surface area contributed by atoms with Crippen LogP contribution in [0.25, 0.3) is 0 Å². The third kappa shape index (κ3) is 6.47. The molecule has 0 aromatic carbocycles. The molecule has 1 aromatic rings. The quantitative estimate of drug-likeness (QED) is 0.363. The Kier molecular flexibility index (Phi) is 6.46. The molecule has 0 aliphatic carbocycles. The average molecular weight is 280 g/mol. The summed E-state index contributed by atoms with van der Waals surface area (Å²) in [4.78, 5) is 3.09. The number of H-pyrrole nitrogens is 1. The first-order valence-electron chi connectivity index (χ1n) is 5.00.